The van der Waals surface area contributed by atoms with E-state index in [1.54, 1.807) is 18.3 Å². The second kappa shape index (κ2) is 6.19. The molecule has 0 aliphatic carbocycles. The maximum absolute atomic E-state index is 12.4. The van der Waals surface area contributed by atoms with Gasteiger partial charge >= 0.3 is 0 Å². The molecule has 0 aliphatic heterocycles. The molecule has 2 rings (SSSR count). The summed E-state index contributed by atoms with van der Waals surface area (Å²) in [6, 6.07) is 13.4. The first-order chi connectivity index (χ1) is 9.59. The Morgan fingerprint density at radius 3 is 2.50 bits per heavy atom. The summed E-state index contributed by atoms with van der Waals surface area (Å²) >= 11 is 0. The van der Waals surface area contributed by atoms with Gasteiger partial charge in [-0.1, -0.05) is 30.3 Å². The minimum Gasteiger partial charge on any atom is -0.362 e. The number of anilines is 1. The fourth-order valence-electron chi connectivity index (χ4n) is 2.03. The summed E-state index contributed by atoms with van der Waals surface area (Å²) in [5.41, 5.74) is 1.66. The van der Waals surface area contributed by atoms with Crippen LogP contribution >= 0.6 is 0 Å². The third kappa shape index (κ3) is 3.15. The van der Waals surface area contributed by atoms with Crippen molar-refractivity contribution in [2.45, 2.75) is 13.0 Å². The van der Waals surface area contributed by atoms with Crippen LogP contribution in [0.1, 0.15) is 28.9 Å². The summed E-state index contributed by atoms with van der Waals surface area (Å²) in [5, 5.41) is 3.00. The number of hydrogen-bond acceptors (Lipinski definition) is 3. The summed E-state index contributed by atoms with van der Waals surface area (Å²) < 4.78 is 0. The summed E-state index contributed by atoms with van der Waals surface area (Å²) in [6.07, 6.45) is 1.69. The molecule has 0 saturated carbocycles. The van der Waals surface area contributed by atoms with E-state index in [0.717, 1.165) is 5.56 Å². The van der Waals surface area contributed by atoms with Gasteiger partial charge in [0.1, 0.15) is 5.82 Å². The topological polar surface area (TPSA) is 45.2 Å². The smallest absolute Gasteiger partial charge is 0.255 e. The van der Waals surface area contributed by atoms with Crippen LogP contribution in [0.3, 0.4) is 0 Å². The van der Waals surface area contributed by atoms with Gasteiger partial charge < -0.3 is 10.2 Å². The highest BCUT2D eigenvalue weighted by molar-refractivity contribution is 5.99. The summed E-state index contributed by atoms with van der Waals surface area (Å²) in [7, 11) is 3.75. The highest BCUT2D eigenvalue weighted by Gasteiger charge is 2.16. The van der Waals surface area contributed by atoms with Crippen LogP contribution in [-0.2, 0) is 0 Å². The molecule has 1 N–H and O–H groups in total. The van der Waals surface area contributed by atoms with Crippen molar-refractivity contribution in [3.05, 3.63) is 59.8 Å². The van der Waals surface area contributed by atoms with E-state index in [9.17, 15) is 4.79 Å². The van der Waals surface area contributed by atoms with Crippen LogP contribution in [0.15, 0.2) is 48.7 Å². The fraction of sp³-hybridized carbons (Fsp3) is 0.250. The van der Waals surface area contributed by atoms with Crippen LogP contribution in [0.4, 0.5) is 5.82 Å². The Hall–Kier alpha value is -2.36. The number of carbonyl (C=O) groups excluding carboxylic acids is 1. The average Bonchev–Trinajstić information content (AvgIpc) is 2.48. The number of hydrogen-bond donors (Lipinski definition) is 1. The average molecular weight is 269 g/mol. The van der Waals surface area contributed by atoms with E-state index in [1.807, 2.05) is 56.3 Å². The van der Waals surface area contributed by atoms with E-state index in [2.05, 4.69) is 10.3 Å². The molecule has 0 spiro atoms. The third-order valence-electron chi connectivity index (χ3n) is 3.10. The Morgan fingerprint density at radius 1 is 1.15 bits per heavy atom. The maximum Gasteiger partial charge on any atom is 0.255 e. The first kappa shape index (κ1) is 14.1. The molecule has 4 nitrogen and oxygen atoms in total. The summed E-state index contributed by atoms with van der Waals surface area (Å²) in [6.45, 7) is 1.97. The number of aromatic nitrogens is 1. The molecule has 1 heterocycles. The summed E-state index contributed by atoms with van der Waals surface area (Å²) in [4.78, 5) is 18.5. The quantitative estimate of drug-likeness (QED) is 0.928. The second-order valence-corrected chi connectivity index (χ2v) is 4.87. The number of nitrogens with one attached hydrogen (secondary N) is 1. The van der Waals surface area contributed by atoms with Crippen molar-refractivity contribution in [3.8, 4) is 0 Å². The molecule has 1 amide bonds. The standard InChI is InChI=1S/C16H19N3O/c1-12(13-8-5-4-6-9-13)18-16(20)14-10-7-11-17-15(14)19(2)3/h4-12H,1-3H3,(H,18,20). The molecular weight excluding hydrogens is 250 g/mol. The molecular formula is C16H19N3O. The molecule has 1 unspecified atom stereocenters. The SMILES string of the molecule is CC(NC(=O)c1cccnc1N(C)C)c1ccccc1. The van der Waals surface area contributed by atoms with Crippen molar-refractivity contribution < 1.29 is 4.79 Å². The van der Waals surface area contributed by atoms with Gasteiger partial charge in [0.2, 0.25) is 0 Å². The van der Waals surface area contributed by atoms with Crippen molar-refractivity contribution in [3.63, 3.8) is 0 Å². The van der Waals surface area contributed by atoms with Gasteiger partial charge in [-0.15, -0.1) is 0 Å². The fourth-order valence-corrected chi connectivity index (χ4v) is 2.03. The lowest BCUT2D eigenvalue weighted by Crippen LogP contribution is -2.28. The first-order valence-corrected chi connectivity index (χ1v) is 6.57. The monoisotopic (exact) mass is 269 g/mol. The number of nitrogens with zero attached hydrogens (tertiary/aromatic N) is 2. The minimum absolute atomic E-state index is 0.0427. The molecule has 2 aromatic rings. The number of carbonyl (C=O) groups is 1. The molecule has 0 fully saturated rings. The Bertz CT molecular complexity index is 581. The van der Waals surface area contributed by atoms with Crippen molar-refractivity contribution >= 4 is 11.7 Å². The van der Waals surface area contributed by atoms with Gasteiger partial charge in [0.15, 0.2) is 0 Å². The highest BCUT2D eigenvalue weighted by atomic mass is 16.1. The van der Waals surface area contributed by atoms with Crippen LogP contribution in [-0.4, -0.2) is 25.0 Å². The Morgan fingerprint density at radius 2 is 1.85 bits per heavy atom. The summed E-state index contributed by atoms with van der Waals surface area (Å²) in [5.74, 6) is 0.559. The van der Waals surface area contributed by atoms with Crippen LogP contribution in [0, 0.1) is 0 Å². The maximum atomic E-state index is 12.4. The van der Waals surface area contributed by atoms with Gasteiger partial charge in [-0.25, -0.2) is 4.98 Å². The van der Waals surface area contributed by atoms with E-state index < -0.39 is 0 Å². The van der Waals surface area contributed by atoms with Gasteiger partial charge in [0.25, 0.3) is 5.91 Å². The molecule has 1 aromatic carbocycles. The number of benzene rings is 1. The molecule has 0 aliphatic rings. The van der Waals surface area contributed by atoms with E-state index in [0.29, 0.717) is 11.4 Å². The lowest BCUT2D eigenvalue weighted by molar-refractivity contribution is 0.0940. The van der Waals surface area contributed by atoms with Gasteiger partial charge in [-0.05, 0) is 24.6 Å². The van der Waals surface area contributed by atoms with Gasteiger partial charge in [0, 0.05) is 20.3 Å². The molecule has 20 heavy (non-hydrogen) atoms. The number of pyridine rings is 1. The minimum atomic E-state index is -0.113. The van der Waals surface area contributed by atoms with Crippen molar-refractivity contribution in [1.82, 2.24) is 10.3 Å². The van der Waals surface area contributed by atoms with Gasteiger partial charge in [0.05, 0.1) is 11.6 Å². The van der Waals surface area contributed by atoms with Crippen molar-refractivity contribution in [2.75, 3.05) is 19.0 Å². The lowest BCUT2D eigenvalue weighted by atomic mass is 10.1. The van der Waals surface area contributed by atoms with Crippen LogP contribution in [0.5, 0.6) is 0 Å². The largest absolute Gasteiger partial charge is 0.362 e. The van der Waals surface area contributed by atoms with E-state index in [-0.39, 0.29) is 11.9 Å². The van der Waals surface area contributed by atoms with E-state index in [4.69, 9.17) is 0 Å². The molecule has 104 valence electrons. The van der Waals surface area contributed by atoms with Crippen molar-refractivity contribution in [1.29, 1.82) is 0 Å². The molecule has 0 radical (unpaired) electrons. The second-order valence-electron chi connectivity index (χ2n) is 4.87. The van der Waals surface area contributed by atoms with Gasteiger partial charge in [-0.3, -0.25) is 4.79 Å². The predicted molar refractivity (Wildman–Crippen MR) is 80.9 cm³/mol. The van der Waals surface area contributed by atoms with E-state index in [1.165, 1.54) is 0 Å². The molecule has 1 atom stereocenters. The normalized spacial score (nSPS) is 11.8. The zero-order valence-electron chi connectivity index (χ0n) is 12.0. The molecule has 4 heteroatoms. The Labute approximate surface area is 119 Å². The lowest BCUT2D eigenvalue weighted by Gasteiger charge is -2.18. The van der Waals surface area contributed by atoms with E-state index >= 15 is 0 Å². The Kier molecular flexibility index (Phi) is 4.35. The zero-order valence-corrected chi connectivity index (χ0v) is 12.0. The molecule has 0 bridgehead atoms. The number of rotatable bonds is 4. The number of amides is 1. The highest BCUT2D eigenvalue weighted by Crippen LogP contribution is 2.17. The zero-order chi connectivity index (χ0) is 14.5. The Balaban J connectivity index is 2.17. The van der Waals surface area contributed by atoms with Crippen molar-refractivity contribution in [2.24, 2.45) is 0 Å². The third-order valence-corrected chi connectivity index (χ3v) is 3.10. The molecule has 1 aromatic heterocycles. The van der Waals surface area contributed by atoms with Gasteiger partial charge in [-0.2, -0.15) is 0 Å². The predicted octanol–water partition coefficient (Wildman–Crippen LogP) is 2.64. The first-order valence-electron chi connectivity index (χ1n) is 6.57. The van der Waals surface area contributed by atoms with Crippen LogP contribution < -0.4 is 10.2 Å². The van der Waals surface area contributed by atoms with Crippen LogP contribution in [0.2, 0.25) is 0 Å². The van der Waals surface area contributed by atoms with Crippen LogP contribution in [0.25, 0.3) is 0 Å². The molecule has 0 saturated heterocycles.